The third-order valence-corrected chi connectivity index (χ3v) is 4.66. The standard InChI is InChI=1S/C19H27N3O/c1-2-5-18(6-3-1)8-9-20-17-19-7-4-10-22(19)12-11-21-13-15-23-16-14-21/h1-7,10,20H,8-9,11-17H2/p+2. The van der Waals surface area contributed by atoms with E-state index >= 15 is 0 Å². The molecule has 0 unspecified atom stereocenters. The molecule has 0 saturated carbocycles. The maximum atomic E-state index is 5.43. The van der Waals surface area contributed by atoms with Crippen molar-refractivity contribution in [2.24, 2.45) is 0 Å². The topological polar surface area (TPSA) is 35.2 Å². The van der Waals surface area contributed by atoms with Gasteiger partial charge in [-0.3, -0.25) is 0 Å². The number of nitrogens with two attached hydrogens (primary N) is 1. The number of hydrogen-bond donors (Lipinski definition) is 2. The molecule has 4 nitrogen and oxygen atoms in total. The monoisotopic (exact) mass is 315 g/mol. The summed E-state index contributed by atoms with van der Waals surface area (Å²) in [6.45, 7) is 8.67. The Morgan fingerprint density at radius 1 is 1.04 bits per heavy atom. The van der Waals surface area contributed by atoms with Gasteiger partial charge in [0.05, 0.1) is 38.5 Å². The molecule has 1 saturated heterocycles. The van der Waals surface area contributed by atoms with Crippen LogP contribution in [0.3, 0.4) is 0 Å². The van der Waals surface area contributed by atoms with Gasteiger partial charge in [-0.25, -0.2) is 0 Å². The summed E-state index contributed by atoms with van der Waals surface area (Å²) >= 11 is 0. The molecule has 3 N–H and O–H groups in total. The molecule has 0 atom stereocenters. The predicted octanol–water partition coefficient (Wildman–Crippen LogP) is -0.291. The van der Waals surface area contributed by atoms with E-state index in [0.29, 0.717) is 0 Å². The van der Waals surface area contributed by atoms with Gasteiger partial charge in [-0.15, -0.1) is 0 Å². The van der Waals surface area contributed by atoms with Crippen LogP contribution >= 0.6 is 0 Å². The van der Waals surface area contributed by atoms with Crippen LogP contribution in [0.4, 0.5) is 0 Å². The van der Waals surface area contributed by atoms with E-state index in [1.165, 1.54) is 17.8 Å². The van der Waals surface area contributed by atoms with Gasteiger partial charge in [0.2, 0.25) is 0 Å². The fraction of sp³-hybridized carbons (Fsp3) is 0.474. The first kappa shape index (κ1) is 16.2. The average molecular weight is 315 g/mol. The molecule has 124 valence electrons. The molecular formula is C19H29N3O+2. The normalized spacial score (nSPS) is 15.8. The fourth-order valence-electron chi connectivity index (χ4n) is 3.20. The molecule has 1 aromatic heterocycles. The Hall–Kier alpha value is -1.62. The Morgan fingerprint density at radius 3 is 2.70 bits per heavy atom. The zero-order valence-electron chi connectivity index (χ0n) is 13.9. The van der Waals surface area contributed by atoms with E-state index < -0.39 is 0 Å². The van der Waals surface area contributed by atoms with Crippen molar-refractivity contribution in [3.05, 3.63) is 59.9 Å². The van der Waals surface area contributed by atoms with Gasteiger partial charge in [-0.05, 0) is 17.7 Å². The SMILES string of the molecule is c1ccc(CC[NH2+]Cc2cccn2CC[NH+]2CCOCC2)cc1. The summed E-state index contributed by atoms with van der Waals surface area (Å²) in [5, 5.41) is 2.42. The zero-order valence-corrected chi connectivity index (χ0v) is 13.9. The molecule has 1 aliphatic rings. The highest BCUT2D eigenvalue weighted by atomic mass is 16.5. The average Bonchev–Trinajstić information content (AvgIpc) is 3.06. The van der Waals surface area contributed by atoms with Crippen LogP contribution in [0, 0.1) is 0 Å². The van der Waals surface area contributed by atoms with E-state index in [2.05, 4.69) is 58.5 Å². The second-order valence-corrected chi connectivity index (χ2v) is 6.32. The molecule has 2 aromatic rings. The lowest BCUT2D eigenvalue weighted by Gasteiger charge is -2.24. The van der Waals surface area contributed by atoms with Crippen molar-refractivity contribution in [2.45, 2.75) is 19.5 Å². The molecule has 4 heteroatoms. The number of rotatable bonds is 8. The second kappa shape index (κ2) is 8.87. The molecule has 0 amide bonds. The third kappa shape index (κ3) is 5.20. The predicted molar refractivity (Wildman–Crippen MR) is 91.5 cm³/mol. The van der Waals surface area contributed by atoms with Gasteiger partial charge >= 0.3 is 0 Å². The largest absolute Gasteiger partial charge is 0.370 e. The highest BCUT2D eigenvalue weighted by Gasteiger charge is 2.14. The Morgan fingerprint density at radius 2 is 1.87 bits per heavy atom. The number of nitrogens with one attached hydrogen (secondary N) is 1. The van der Waals surface area contributed by atoms with E-state index in [4.69, 9.17) is 4.74 Å². The van der Waals surface area contributed by atoms with E-state index in [-0.39, 0.29) is 0 Å². The van der Waals surface area contributed by atoms with Gasteiger partial charge in [0, 0.05) is 12.6 Å². The molecule has 3 rings (SSSR count). The first-order valence-electron chi connectivity index (χ1n) is 8.83. The van der Waals surface area contributed by atoms with Crippen LogP contribution in [-0.4, -0.2) is 44.0 Å². The van der Waals surface area contributed by atoms with Gasteiger partial charge in [0.1, 0.15) is 19.6 Å². The van der Waals surface area contributed by atoms with Crippen LogP contribution in [0.25, 0.3) is 0 Å². The first-order valence-corrected chi connectivity index (χ1v) is 8.83. The Bertz CT molecular complexity index is 561. The summed E-state index contributed by atoms with van der Waals surface area (Å²) in [5.41, 5.74) is 2.86. The quantitative estimate of drug-likeness (QED) is 0.645. The Balaban J connectivity index is 1.39. The Labute approximate surface area is 139 Å². The van der Waals surface area contributed by atoms with Crippen molar-refractivity contribution in [2.75, 3.05) is 39.4 Å². The van der Waals surface area contributed by atoms with E-state index in [1.807, 2.05) is 0 Å². The van der Waals surface area contributed by atoms with Crippen molar-refractivity contribution >= 4 is 0 Å². The molecular weight excluding hydrogens is 286 g/mol. The molecule has 1 fully saturated rings. The third-order valence-electron chi connectivity index (χ3n) is 4.66. The van der Waals surface area contributed by atoms with E-state index in [0.717, 1.165) is 52.4 Å². The number of nitrogens with zero attached hydrogens (tertiary/aromatic N) is 1. The number of quaternary nitrogens is 2. The maximum absolute atomic E-state index is 5.43. The lowest BCUT2D eigenvalue weighted by Crippen LogP contribution is -3.14. The molecule has 1 aliphatic heterocycles. The summed E-state index contributed by atoms with van der Waals surface area (Å²) in [6, 6.07) is 15.2. The van der Waals surface area contributed by atoms with Gasteiger partial charge in [0.15, 0.2) is 0 Å². The number of ether oxygens (including phenoxy) is 1. The van der Waals surface area contributed by atoms with Crippen molar-refractivity contribution in [3.63, 3.8) is 0 Å². The molecule has 0 spiro atoms. The highest BCUT2D eigenvalue weighted by molar-refractivity contribution is 5.14. The number of morpholine rings is 1. The molecule has 0 bridgehead atoms. The Kier molecular flexibility index (Phi) is 6.26. The summed E-state index contributed by atoms with van der Waals surface area (Å²) in [7, 11) is 0. The fourth-order valence-corrected chi connectivity index (χ4v) is 3.20. The van der Waals surface area contributed by atoms with Gasteiger partial charge in [-0.1, -0.05) is 30.3 Å². The second-order valence-electron chi connectivity index (χ2n) is 6.32. The molecule has 0 radical (unpaired) electrons. The lowest BCUT2D eigenvalue weighted by molar-refractivity contribution is -0.908. The maximum Gasteiger partial charge on any atom is 0.116 e. The van der Waals surface area contributed by atoms with E-state index in [1.54, 1.807) is 4.90 Å². The number of aromatic nitrogens is 1. The molecule has 2 heterocycles. The minimum Gasteiger partial charge on any atom is -0.370 e. The van der Waals surface area contributed by atoms with Crippen LogP contribution in [-0.2, 0) is 24.2 Å². The zero-order chi connectivity index (χ0) is 15.7. The van der Waals surface area contributed by atoms with Crippen LogP contribution in [0.2, 0.25) is 0 Å². The highest BCUT2D eigenvalue weighted by Crippen LogP contribution is 2.00. The lowest BCUT2D eigenvalue weighted by atomic mass is 10.1. The van der Waals surface area contributed by atoms with Crippen molar-refractivity contribution < 1.29 is 15.0 Å². The number of benzene rings is 1. The van der Waals surface area contributed by atoms with Gasteiger partial charge in [0.25, 0.3) is 0 Å². The van der Waals surface area contributed by atoms with Gasteiger partial charge < -0.3 is 19.5 Å². The van der Waals surface area contributed by atoms with Crippen LogP contribution in [0.1, 0.15) is 11.3 Å². The molecule has 23 heavy (non-hydrogen) atoms. The van der Waals surface area contributed by atoms with E-state index in [9.17, 15) is 0 Å². The van der Waals surface area contributed by atoms with Crippen molar-refractivity contribution in [1.29, 1.82) is 0 Å². The minimum atomic E-state index is 0.918. The molecule has 1 aromatic carbocycles. The molecule has 0 aliphatic carbocycles. The minimum absolute atomic E-state index is 0.918. The van der Waals surface area contributed by atoms with Crippen LogP contribution < -0.4 is 10.2 Å². The first-order chi connectivity index (χ1) is 11.4. The number of hydrogen-bond acceptors (Lipinski definition) is 1. The smallest absolute Gasteiger partial charge is 0.116 e. The summed E-state index contributed by atoms with van der Waals surface area (Å²) in [6.07, 6.45) is 3.36. The summed E-state index contributed by atoms with van der Waals surface area (Å²) in [5.74, 6) is 0. The van der Waals surface area contributed by atoms with Gasteiger partial charge in [-0.2, -0.15) is 0 Å². The van der Waals surface area contributed by atoms with Crippen LogP contribution in [0.5, 0.6) is 0 Å². The van der Waals surface area contributed by atoms with Crippen molar-refractivity contribution in [1.82, 2.24) is 4.57 Å². The summed E-state index contributed by atoms with van der Waals surface area (Å²) < 4.78 is 7.85. The van der Waals surface area contributed by atoms with Crippen LogP contribution in [0.15, 0.2) is 48.7 Å². The van der Waals surface area contributed by atoms with Crippen molar-refractivity contribution in [3.8, 4) is 0 Å². The summed E-state index contributed by atoms with van der Waals surface area (Å²) in [4.78, 5) is 1.67.